The van der Waals surface area contributed by atoms with Crippen molar-refractivity contribution in [2.75, 3.05) is 26.8 Å². The summed E-state index contributed by atoms with van der Waals surface area (Å²) in [6.45, 7) is 0.993. The standard InChI is InChI=1S/C24H24FN3O5/c1-32-16-5-2-4-15(14-16)7-10-19(29)23-26-18-9-8-17(25)22(21(18)24(31)27-23)33-13-12-28-11-3-6-20(28)30/h2,4-5,8-9,14H,3,6-7,10-13H2,1H3,(H,26,27,31). The van der Waals surface area contributed by atoms with E-state index in [-0.39, 0.29) is 47.2 Å². The highest BCUT2D eigenvalue weighted by molar-refractivity contribution is 5.95. The molecule has 0 spiro atoms. The Morgan fingerprint density at radius 2 is 2.09 bits per heavy atom. The lowest BCUT2D eigenvalue weighted by Gasteiger charge is -2.16. The molecule has 1 aromatic heterocycles. The summed E-state index contributed by atoms with van der Waals surface area (Å²) in [6.07, 6.45) is 1.88. The lowest BCUT2D eigenvalue weighted by atomic mass is 10.1. The van der Waals surface area contributed by atoms with Crippen LogP contribution in [0.4, 0.5) is 4.39 Å². The Kier molecular flexibility index (Phi) is 6.67. The topological polar surface area (TPSA) is 102 Å². The Bertz CT molecular complexity index is 1260. The van der Waals surface area contributed by atoms with Crippen LogP contribution >= 0.6 is 0 Å². The van der Waals surface area contributed by atoms with Gasteiger partial charge < -0.3 is 19.4 Å². The number of halogens is 1. The molecule has 8 nitrogen and oxygen atoms in total. The van der Waals surface area contributed by atoms with Crippen LogP contribution in [-0.2, 0) is 11.2 Å². The second kappa shape index (κ2) is 9.81. The number of hydrogen-bond acceptors (Lipinski definition) is 6. The van der Waals surface area contributed by atoms with E-state index in [1.807, 2.05) is 24.3 Å². The zero-order valence-corrected chi connectivity index (χ0v) is 18.2. The van der Waals surface area contributed by atoms with E-state index in [1.165, 1.54) is 6.07 Å². The van der Waals surface area contributed by atoms with Gasteiger partial charge in [-0.3, -0.25) is 14.4 Å². The van der Waals surface area contributed by atoms with E-state index in [9.17, 15) is 18.8 Å². The maximum Gasteiger partial charge on any atom is 0.263 e. The van der Waals surface area contributed by atoms with Gasteiger partial charge in [0, 0.05) is 19.4 Å². The van der Waals surface area contributed by atoms with Gasteiger partial charge in [-0.2, -0.15) is 0 Å². The summed E-state index contributed by atoms with van der Waals surface area (Å²) in [5.41, 5.74) is 0.425. The number of aromatic nitrogens is 2. The van der Waals surface area contributed by atoms with Crippen LogP contribution in [0.3, 0.4) is 0 Å². The van der Waals surface area contributed by atoms with Crippen LogP contribution in [0.25, 0.3) is 10.9 Å². The Balaban J connectivity index is 1.50. The van der Waals surface area contributed by atoms with Gasteiger partial charge >= 0.3 is 0 Å². The lowest BCUT2D eigenvalue weighted by Crippen LogP contribution is -2.29. The number of nitrogens with zero attached hydrogens (tertiary/aromatic N) is 2. The zero-order chi connectivity index (χ0) is 23.4. The van der Waals surface area contributed by atoms with Crippen molar-refractivity contribution >= 4 is 22.6 Å². The second-order valence-corrected chi connectivity index (χ2v) is 7.79. The molecule has 0 atom stereocenters. The van der Waals surface area contributed by atoms with Gasteiger partial charge in [0.05, 0.1) is 19.2 Å². The summed E-state index contributed by atoms with van der Waals surface area (Å²) in [4.78, 5) is 45.5. The molecule has 3 aromatic rings. The van der Waals surface area contributed by atoms with Crippen molar-refractivity contribution in [3.63, 3.8) is 0 Å². The molecule has 1 N–H and O–H groups in total. The van der Waals surface area contributed by atoms with E-state index >= 15 is 0 Å². The van der Waals surface area contributed by atoms with E-state index in [0.717, 1.165) is 18.1 Å². The quantitative estimate of drug-likeness (QED) is 0.500. The van der Waals surface area contributed by atoms with E-state index in [2.05, 4.69) is 9.97 Å². The number of methoxy groups -OCH3 is 1. The third-order valence-electron chi connectivity index (χ3n) is 5.60. The molecular formula is C24H24FN3O5. The molecule has 1 aliphatic heterocycles. The van der Waals surface area contributed by atoms with E-state index < -0.39 is 11.4 Å². The molecule has 0 unspecified atom stereocenters. The fourth-order valence-corrected chi connectivity index (χ4v) is 3.85. The van der Waals surface area contributed by atoms with Crippen LogP contribution in [0.5, 0.6) is 11.5 Å². The number of benzene rings is 2. The summed E-state index contributed by atoms with van der Waals surface area (Å²) in [5.74, 6) is -0.635. The van der Waals surface area contributed by atoms with E-state index in [1.54, 1.807) is 12.0 Å². The Hall–Kier alpha value is -3.75. The number of ether oxygens (including phenoxy) is 2. The van der Waals surface area contributed by atoms with Crippen LogP contribution in [-0.4, -0.2) is 53.4 Å². The summed E-state index contributed by atoms with van der Waals surface area (Å²) in [5, 5.41) is -0.0629. The number of carbonyl (C=O) groups is 2. The van der Waals surface area contributed by atoms with Crippen LogP contribution in [0.1, 0.15) is 35.4 Å². The first kappa shape index (κ1) is 22.4. The molecule has 9 heteroatoms. The average Bonchev–Trinajstić information content (AvgIpc) is 3.23. The smallest absolute Gasteiger partial charge is 0.263 e. The van der Waals surface area contributed by atoms with Crippen LogP contribution in [0.15, 0.2) is 41.2 Å². The number of likely N-dealkylation sites (tertiary alicyclic amines) is 1. The summed E-state index contributed by atoms with van der Waals surface area (Å²) in [6, 6.07) is 9.87. The minimum absolute atomic E-state index is 0.0357. The van der Waals surface area contributed by atoms with Gasteiger partial charge in [-0.15, -0.1) is 0 Å². The highest BCUT2D eigenvalue weighted by atomic mass is 19.1. The highest BCUT2D eigenvalue weighted by Crippen LogP contribution is 2.25. The zero-order valence-electron chi connectivity index (χ0n) is 18.2. The maximum atomic E-state index is 14.4. The Morgan fingerprint density at radius 1 is 1.24 bits per heavy atom. The first-order valence-electron chi connectivity index (χ1n) is 10.8. The molecule has 33 heavy (non-hydrogen) atoms. The number of carbonyl (C=O) groups excluding carboxylic acids is 2. The van der Waals surface area contributed by atoms with Crippen LogP contribution in [0.2, 0.25) is 0 Å². The third-order valence-corrected chi connectivity index (χ3v) is 5.60. The van der Waals surface area contributed by atoms with Crippen molar-refractivity contribution < 1.29 is 23.5 Å². The normalized spacial score (nSPS) is 13.5. The van der Waals surface area contributed by atoms with Crippen LogP contribution < -0.4 is 15.0 Å². The Morgan fingerprint density at radius 3 is 2.85 bits per heavy atom. The molecule has 0 aliphatic carbocycles. The first-order valence-corrected chi connectivity index (χ1v) is 10.8. The number of Topliss-reactive ketones (excluding diaryl/α,β-unsaturated/α-hetero) is 1. The Labute approximate surface area is 189 Å². The van der Waals surface area contributed by atoms with Crippen molar-refractivity contribution in [1.82, 2.24) is 14.9 Å². The number of hydrogen-bond donors (Lipinski definition) is 1. The number of rotatable bonds is 9. The molecule has 0 radical (unpaired) electrons. The molecule has 2 heterocycles. The molecule has 0 bridgehead atoms. The molecule has 1 fully saturated rings. The minimum atomic E-state index is -0.709. The van der Waals surface area contributed by atoms with Gasteiger partial charge in [0.15, 0.2) is 23.2 Å². The minimum Gasteiger partial charge on any atom is -0.497 e. The number of amides is 1. The van der Waals surface area contributed by atoms with Gasteiger partial charge in [0.25, 0.3) is 5.56 Å². The molecule has 1 aliphatic rings. The summed E-state index contributed by atoms with van der Waals surface area (Å²) < 4.78 is 25.2. The van der Waals surface area contributed by atoms with Crippen LogP contribution in [0, 0.1) is 5.82 Å². The maximum absolute atomic E-state index is 14.4. The highest BCUT2D eigenvalue weighted by Gasteiger charge is 2.21. The summed E-state index contributed by atoms with van der Waals surface area (Å²) >= 11 is 0. The monoisotopic (exact) mass is 453 g/mol. The number of ketones is 1. The third kappa shape index (κ3) is 5.02. The SMILES string of the molecule is COc1cccc(CCC(=O)c2nc3ccc(F)c(OCCN4CCCC4=O)c3c(=O)[nH]2)c1. The average molecular weight is 453 g/mol. The van der Waals surface area contributed by atoms with E-state index in [0.29, 0.717) is 31.7 Å². The predicted molar refractivity (Wildman–Crippen MR) is 119 cm³/mol. The predicted octanol–water partition coefficient (Wildman–Crippen LogP) is 2.89. The molecule has 2 aromatic carbocycles. The first-order chi connectivity index (χ1) is 16.0. The molecule has 172 valence electrons. The lowest BCUT2D eigenvalue weighted by molar-refractivity contribution is -0.128. The molecule has 4 rings (SSSR count). The fraction of sp³-hybridized carbons (Fsp3) is 0.333. The number of aryl methyl sites for hydroxylation is 1. The van der Waals surface area contributed by atoms with Gasteiger partial charge in [-0.1, -0.05) is 12.1 Å². The molecule has 0 saturated carbocycles. The molecular weight excluding hydrogens is 429 g/mol. The number of H-pyrrole nitrogens is 1. The molecule has 1 saturated heterocycles. The van der Waals surface area contributed by atoms with Crippen molar-refractivity contribution in [2.24, 2.45) is 0 Å². The summed E-state index contributed by atoms with van der Waals surface area (Å²) in [7, 11) is 1.57. The van der Waals surface area contributed by atoms with Gasteiger partial charge in [-0.05, 0) is 42.7 Å². The fourth-order valence-electron chi connectivity index (χ4n) is 3.85. The second-order valence-electron chi connectivity index (χ2n) is 7.79. The number of fused-ring (bicyclic) bond motifs is 1. The number of nitrogens with one attached hydrogen (secondary N) is 1. The molecule has 1 amide bonds. The van der Waals surface area contributed by atoms with Crippen molar-refractivity contribution in [1.29, 1.82) is 0 Å². The van der Waals surface area contributed by atoms with Gasteiger partial charge in [0.2, 0.25) is 5.91 Å². The van der Waals surface area contributed by atoms with Gasteiger partial charge in [-0.25, -0.2) is 9.37 Å². The van der Waals surface area contributed by atoms with Gasteiger partial charge in [0.1, 0.15) is 17.7 Å². The number of aromatic amines is 1. The van der Waals surface area contributed by atoms with Crippen molar-refractivity contribution in [3.8, 4) is 11.5 Å². The van der Waals surface area contributed by atoms with Crippen molar-refractivity contribution in [3.05, 3.63) is 64.0 Å². The van der Waals surface area contributed by atoms with E-state index in [4.69, 9.17) is 9.47 Å². The van der Waals surface area contributed by atoms with Crippen molar-refractivity contribution in [2.45, 2.75) is 25.7 Å². The largest absolute Gasteiger partial charge is 0.497 e.